The summed E-state index contributed by atoms with van der Waals surface area (Å²) in [5.41, 5.74) is 0.693. The molecule has 0 aliphatic heterocycles. The number of rotatable bonds is 3. The van der Waals surface area contributed by atoms with E-state index in [0.717, 1.165) is 11.3 Å². The molecule has 0 saturated carbocycles. The van der Waals surface area contributed by atoms with Gasteiger partial charge in [-0.3, -0.25) is 9.36 Å². The normalized spacial score (nSPS) is 11.0. The first kappa shape index (κ1) is 12.0. The summed E-state index contributed by atoms with van der Waals surface area (Å²) in [4.78, 5) is 17.0. The second-order valence-electron chi connectivity index (χ2n) is 4.09. The maximum Gasteiger partial charge on any atom is 0.262 e. The molecular formula is C14H12N2O2S. The number of para-hydroxylation sites is 1. The summed E-state index contributed by atoms with van der Waals surface area (Å²) in [5.74, 6) is 0.745. The molecule has 5 heteroatoms. The van der Waals surface area contributed by atoms with Crippen molar-refractivity contribution < 1.29 is 4.42 Å². The first-order valence-electron chi connectivity index (χ1n) is 5.85. The number of aromatic nitrogens is 2. The number of thioether (sulfide) groups is 1. The van der Waals surface area contributed by atoms with E-state index in [1.807, 2.05) is 36.6 Å². The first-order valence-corrected chi connectivity index (χ1v) is 7.08. The molecule has 2 aromatic heterocycles. The fourth-order valence-electron chi connectivity index (χ4n) is 2.00. The zero-order chi connectivity index (χ0) is 13.2. The van der Waals surface area contributed by atoms with Crippen molar-refractivity contribution in [1.29, 1.82) is 0 Å². The van der Waals surface area contributed by atoms with Gasteiger partial charge < -0.3 is 4.42 Å². The third-order valence-electron chi connectivity index (χ3n) is 2.90. The van der Waals surface area contributed by atoms with Crippen molar-refractivity contribution in [2.75, 3.05) is 6.26 Å². The SMILES string of the molecule is CSc1nc2ccccc2c(=O)n1Cc1ccco1. The van der Waals surface area contributed by atoms with Gasteiger partial charge in [0, 0.05) is 0 Å². The quantitative estimate of drug-likeness (QED) is 0.543. The topological polar surface area (TPSA) is 48.0 Å². The highest BCUT2D eigenvalue weighted by Crippen LogP contribution is 2.16. The van der Waals surface area contributed by atoms with Gasteiger partial charge in [-0.25, -0.2) is 4.98 Å². The van der Waals surface area contributed by atoms with Gasteiger partial charge in [-0.15, -0.1) is 0 Å². The predicted octanol–water partition coefficient (Wildman–Crippen LogP) is 2.76. The van der Waals surface area contributed by atoms with Crippen molar-refractivity contribution in [3.63, 3.8) is 0 Å². The molecule has 96 valence electrons. The van der Waals surface area contributed by atoms with Crippen molar-refractivity contribution in [2.45, 2.75) is 11.7 Å². The van der Waals surface area contributed by atoms with E-state index >= 15 is 0 Å². The van der Waals surface area contributed by atoms with Crippen molar-refractivity contribution in [2.24, 2.45) is 0 Å². The average molecular weight is 272 g/mol. The van der Waals surface area contributed by atoms with Crippen LogP contribution in [0.1, 0.15) is 5.76 Å². The molecule has 0 N–H and O–H groups in total. The summed E-state index contributed by atoms with van der Waals surface area (Å²) in [7, 11) is 0. The number of hydrogen-bond donors (Lipinski definition) is 0. The minimum atomic E-state index is -0.0358. The minimum Gasteiger partial charge on any atom is -0.467 e. The summed E-state index contributed by atoms with van der Waals surface area (Å²) >= 11 is 1.46. The van der Waals surface area contributed by atoms with Crippen molar-refractivity contribution in [3.8, 4) is 0 Å². The molecule has 2 heterocycles. The summed E-state index contributed by atoms with van der Waals surface area (Å²) in [6.07, 6.45) is 3.52. The fraction of sp³-hybridized carbons (Fsp3) is 0.143. The predicted molar refractivity (Wildman–Crippen MR) is 75.6 cm³/mol. The van der Waals surface area contributed by atoms with Crippen LogP contribution in [0, 0.1) is 0 Å². The van der Waals surface area contributed by atoms with Gasteiger partial charge in [0.05, 0.1) is 23.7 Å². The number of furan rings is 1. The smallest absolute Gasteiger partial charge is 0.262 e. The highest BCUT2D eigenvalue weighted by atomic mass is 32.2. The van der Waals surface area contributed by atoms with Gasteiger partial charge >= 0.3 is 0 Å². The Kier molecular flexibility index (Phi) is 3.13. The Bertz CT molecular complexity index is 763. The fourth-order valence-corrected chi connectivity index (χ4v) is 2.56. The molecular weight excluding hydrogens is 260 g/mol. The van der Waals surface area contributed by atoms with E-state index in [9.17, 15) is 4.79 Å². The van der Waals surface area contributed by atoms with Crippen molar-refractivity contribution >= 4 is 22.7 Å². The van der Waals surface area contributed by atoms with E-state index in [0.29, 0.717) is 17.1 Å². The lowest BCUT2D eigenvalue weighted by Crippen LogP contribution is -2.23. The molecule has 0 aliphatic carbocycles. The molecule has 0 spiro atoms. The van der Waals surface area contributed by atoms with Crippen LogP contribution in [0.2, 0.25) is 0 Å². The lowest BCUT2D eigenvalue weighted by atomic mass is 10.2. The van der Waals surface area contributed by atoms with Gasteiger partial charge in [-0.1, -0.05) is 23.9 Å². The first-order chi connectivity index (χ1) is 9.29. The molecule has 0 fully saturated rings. The van der Waals surface area contributed by atoms with E-state index in [4.69, 9.17) is 4.42 Å². The van der Waals surface area contributed by atoms with Crippen LogP contribution in [-0.2, 0) is 6.54 Å². The van der Waals surface area contributed by atoms with Crippen molar-refractivity contribution in [1.82, 2.24) is 9.55 Å². The largest absolute Gasteiger partial charge is 0.467 e. The third kappa shape index (κ3) is 2.17. The van der Waals surface area contributed by atoms with Crippen LogP contribution in [0.4, 0.5) is 0 Å². The number of benzene rings is 1. The Hall–Kier alpha value is -2.01. The van der Waals surface area contributed by atoms with Gasteiger partial charge in [0.2, 0.25) is 0 Å². The van der Waals surface area contributed by atoms with Crippen LogP contribution in [0.15, 0.2) is 57.0 Å². The number of hydrogen-bond acceptors (Lipinski definition) is 4. The van der Waals surface area contributed by atoms with Gasteiger partial charge in [0.1, 0.15) is 5.76 Å². The van der Waals surface area contributed by atoms with Crippen molar-refractivity contribution in [3.05, 3.63) is 58.8 Å². The van der Waals surface area contributed by atoms with E-state index in [-0.39, 0.29) is 5.56 Å². The number of nitrogens with zero attached hydrogens (tertiary/aromatic N) is 2. The zero-order valence-corrected chi connectivity index (χ0v) is 11.2. The zero-order valence-electron chi connectivity index (χ0n) is 10.4. The molecule has 0 amide bonds. The summed E-state index contributed by atoms with van der Waals surface area (Å²) in [5, 5.41) is 1.33. The average Bonchev–Trinajstić information content (AvgIpc) is 2.95. The minimum absolute atomic E-state index is 0.0358. The Morgan fingerprint density at radius 3 is 2.84 bits per heavy atom. The molecule has 0 aliphatic rings. The van der Waals surface area contributed by atoms with Gasteiger partial charge in [0.25, 0.3) is 5.56 Å². The molecule has 0 saturated heterocycles. The Morgan fingerprint density at radius 1 is 1.26 bits per heavy atom. The standard InChI is InChI=1S/C14H12N2O2S/c1-19-14-15-12-7-3-2-6-11(12)13(17)16(14)9-10-5-4-8-18-10/h2-8H,9H2,1H3. The summed E-state index contributed by atoms with van der Waals surface area (Å²) < 4.78 is 6.95. The highest BCUT2D eigenvalue weighted by Gasteiger charge is 2.11. The molecule has 3 rings (SSSR count). The molecule has 3 aromatic rings. The molecule has 0 atom stereocenters. The lowest BCUT2D eigenvalue weighted by Gasteiger charge is -2.10. The Morgan fingerprint density at radius 2 is 2.11 bits per heavy atom. The monoisotopic (exact) mass is 272 g/mol. The van der Waals surface area contributed by atoms with Crippen LogP contribution in [0.25, 0.3) is 10.9 Å². The second kappa shape index (κ2) is 4.93. The second-order valence-corrected chi connectivity index (χ2v) is 4.86. The van der Waals surface area contributed by atoms with Gasteiger partial charge in [-0.05, 0) is 30.5 Å². The molecule has 4 nitrogen and oxygen atoms in total. The summed E-state index contributed by atoms with van der Waals surface area (Å²) in [6.45, 7) is 0.403. The van der Waals surface area contributed by atoms with Crippen LogP contribution in [0.3, 0.4) is 0 Å². The number of fused-ring (bicyclic) bond motifs is 1. The molecule has 19 heavy (non-hydrogen) atoms. The maximum atomic E-state index is 12.5. The molecule has 0 bridgehead atoms. The molecule has 0 unspecified atom stereocenters. The highest BCUT2D eigenvalue weighted by molar-refractivity contribution is 7.98. The van der Waals surface area contributed by atoms with E-state index < -0.39 is 0 Å². The Labute approximate surface area is 114 Å². The van der Waals surface area contributed by atoms with Crippen LogP contribution in [0.5, 0.6) is 0 Å². The molecule has 0 radical (unpaired) electrons. The Balaban J connectivity index is 2.21. The third-order valence-corrected chi connectivity index (χ3v) is 3.58. The molecule has 1 aromatic carbocycles. The van der Waals surface area contributed by atoms with E-state index in [1.165, 1.54) is 11.8 Å². The lowest BCUT2D eigenvalue weighted by molar-refractivity contribution is 0.476. The van der Waals surface area contributed by atoms with E-state index in [2.05, 4.69) is 4.98 Å². The maximum absolute atomic E-state index is 12.5. The van der Waals surface area contributed by atoms with Gasteiger partial charge in [-0.2, -0.15) is 0 Å². The van der Waals surface area contributed by atoms with E-state index in [1.54, 1.807) is 16.9 Å². The summed E-state index contributed by atoms with van der Waals surface area (Å²) in [6, 6.07) is 11.1. The van der Waals surface area contributed by atoms with Crippen LogP contribution in [-0.4, -0.2) is 15.8 Å². The van der Waals surface area contributed by atoms with Gasteiger partial charge in [0.15, 0.2) is 5.16 Å². The van der Waals surface area contributed by atoms with Crippen LogP contribution >= 0.6 is 11.8 Å². The van der Waals surface area contributed by atoms with Crippen LogP contribution < -0.4 is 5.56 Å².